The van der Waals surface area contributed by atoms with Crippen LogP contribution >= 0.6 is 15.9 Å². The Labute approximate surface area is 94.8 Å². The molecule has 0 unspecified atom stereocenters. The molecule has 1 heterocycles. The molecule has 0 aliphatic rings. The number of hydrogen-bond acceptors (Lipinski definition) is 2. The summed E-state index contributed by atoms with van der Waals surface area (Å²) in [7, 11) is 0. The molecule has 0 spiro atoms. The van der Waals surface area contributed by atoms with Gasteiger partial charge in [0.1, 0.15) is 15.9 Å². The average Bonchev–Trinajstić information content (AvgIpc) is 2.14. The van der Waals surface area contributed by atoms with E-state index >= 15 is 0 Å². The number of nitriles is 1. The summed E-state index contributed by atoms with van der Waals surface area (Å²) in [5.41, 5.74) is -3.11. The zero-order valence-electron chi connectivity index (χ0n) is 7.32. The molecule has 1 aromatic rings. The standard InChI is InChI=1S/C8H2BrF5N2/c9-6-5(8(12,13)14)3(2-15)1-4(16-6)7(10)11/h1,7H. The Hall–Kier alpha value is -1.23. The van der Waals surface area contributed by atoms with E-state index in [1.54, 1.807) is 0 Å². The van der Waals surface area contributed by atoms with Crippen LogP contribution < -0.4 is 0 Å². The first-order valence-corrected chi connectivity index (χ1v) is 4.52. The van der Waals surface area contributed by atoms with E-state index in [1.165, 1.54) is 6.07 Å². The molecule has 86 valence electrons. The van der Waals surface area contributed by atoms with Crippen molar-refractivity contribution in [3.63, 3.8) is 0 Å². The Morgan fingerprint density at radius 1 is 1.38 bits per heavy atom. The predicted molar refractivity (Wildman–Crippen MR) is 46.6 cm³/mol. The number of rotatable bonds is 1. The third-order valence-corrected chi connectivity index (χ3v) is 2.20. The van der Waals surface area contributed by atoms with Crippen LogP contribution in [0.5, 0.6) is 0 Å². The maximum Gasteiger partial charge on any atom is 0.420 e. The maximum absolute atomic E-state index is 12.4. The highest BCUT2D eigenvalue weighted by Gasteiger charge is 2.37. The van der Waals surface area contributed by atoms with E-state index < -0.39 is 34.0 Å². The van der Waals surface area contributed by atoms with Gasteiger partial charge in [0, 0.05) is 0 Å². The molecule has 0 radical (unpaired) electrons. The minimum atomic E-state index is -4.82. The van der Waals surface area contributed by atoms with Crippen molar-refractivity contribution < 1.29 is 22.0 Å². The Morgan fingerprint density at radius 3 is 2.31 bits per heavy atom. The Bertz CT molecular complexity index is 449. The maximum atomic E-state index is 12.4. The van der Waals surface area contributed by atoms with Gasteiger partial charge in [-0.1, -0.05) is 0 Å². The van der Waals surface area contributed by atoms with Crippen molar-refractivity contribution in [1.82, 2.24) is 4.98 Å². The van der Waals surface area contributed by atoms with E-state index in [4.69, 9.17) is 5.26 Å². The number of pyridine rings is 1. The zero-order chi connectivity index (χ0) is 12.5. The number of hydrogen-bond donors (Lipinski definition) is 0. The number of nitrogens with zero attached hydrogens (tertiary/aromatic N) is 2. The van der Waals surface area contributed by atoms with Gasteiger partial charge in [-0.2, -0.15) is 18.4 Å². The van der Waals surface area contributed by atoms with Gasteiger partial charge in [-0.15, -0.1) is 0 Å². The minimum absolute atomic E-state index is 0.429. The second-order valence-corrected chi connectivity index (χ2v) is 3.42. The lowest BCUT2D eigenvalue weighted by molar-refractivity contribution is -0.138. The van der Waals surface area contributed by atoms with Gasteiger partial charge in [0.05, 0.1) is 11.6 Å². The van der Waals surface area contributed by atoms with Crippen LogP contribution in [-0.2, 0) is 6.18 Å². The van der Waals surface area contributed by atoms with Crippen LogP contribution in [0.4, 0.5) is 22.0 Å². The molecular formula is C8H2BrF5N2. The summed E-state index contributed by atoms with van der Waals surface area (Å²) in [4.78, 5) is 3.04. The van der Waals surface area contributed by atoms with E-state index in [9.17, 15) is 22.0 Å². The summed E-state index contributed by atoms with van der Waals surface area (Å²) in [6.07, 6.45) is -7.86. The van der Waals surface area contributed by atoms with Crippen LogP contribution in [0.3, 0.4) is 0 Å². The van der Waals surface area contributed by atoms with Crippen molar-refractivity contribution in [3.05, 3.63) is 27.5 Å². The third kappa shape index (κ3) is 2.47. The van der Waals surface area contributed by atoms with Crippen molar-refractivity contribution in [2.24, 2.45) is 0 Å². The highest BCUT2D eigenvalue weighted by atomic mass is 79.9. The van der Waals surface area contributed by atoms with Gasteiger partial charge in [-0.25, -0.2) is 13.8 Å². The lowest BCUT2D eigenvalue weighted by atomic mass is 10.1. The normalized spacial score (nSPS) is 11.6. The minimum Gasteiger partial charge on any atom is -0.239 e. The van der Waals surface area contributed by atoms with E-state index in [0.29, 0.717) is 6.07 Å². The SMILES string of the molecule is N#Cc1cc(C(F)F)nc(Br)c1C(F)(F)F. The fourth-order valence-electron chi connectivity index (χ4n) is 1.00. The first-order valence-electron chi connectivity index (χ1n) is 3.73. The van der Waals surface area contributed by atoms with Gasteiger partial charge in [0.15, 0.2) is 0 Å². The summed E-state index contributed by atoms with van der Waals surface area (Å²) in [5.74, 6) is 0. The molecule has 0 aliphatic carbocycles. The fourth-order valence-corrected chi connectivity index (χ4v) is 1.65. The lowest BCUT2D eigenvalue weighted by Crippen LogP contribution is -2.11. The average molecular weight is 301 g/mol. The molecule has 2 nitrogen and oxygen atoms in total. The highest BCUT2D eigenvalue weighted by molar-refractivity contribution is 9.10. The molecule has 0 fully saturated rings. The molecule has 8 heteroatoms. The summed E-state index contributed by atoms with van der Waals surface area (Å²) in [6, 6.07) is 1.64. The van der Waals surface area contributed by atoms with E-state index in [0.717, 1.165) is 0 Å². The first kappa shape index (κ1) is 12.8. The smallest absolute Gasteiger partial charge is 0.239 e. The summed E-state index contributed by atoms with van der Waals surface area (Å²) >= 11 is 2.43. The van der Waals surface area contributed by atoms with Crippen molar-refractivity contribution in [3.8, 4) is 6.07 Å². The van der Waals surface area contributed by atoms with E-state index in [-0.39, 0.29) is 0 Å². The Morgan fingerprint density at radius 2 is 1.94 bits per heavy atom. The molecule has 1 aromatic heterocycles. The molecule has 16 heavy (non-hydrogen) atoms. The molecule has 0 N–H and O–H groups in total. The highest BCUT2D eigenvalue weighted by Crippen LogP contribution is 2.37. The number of alkyl halides is 5. The van der Waals surface area contributed by atoms with Gasteiger partial charge >= 0.3 is 6.18 Å². The topological polar surface area (TPSA) is 36.7 Å². The summed E-state index contributed by atoms with van der Waals surface area (Å²) in [6.45, 7) is 0. The molecule has 0 bridgehead atoms. The summed E-state index contributed by atoms with van der Waals surface area (Å²) in [5, 5.41) is 8.47. The Balaban J connectivity index is 3.49. The number of halogens is 6. The van der Waals surface area contributed by atoms with Crippen molar-refractivity contribution in [2.75, 3.05) is 0 Å². The van der Waals surface area contributed by atoms with Crippen LogP contribution in [0.25, 0.3) is 0 Å². The third-order valence-electron chi connectivity index (χ3n) is 1.62. The van der Waals surface area contributed by atoms with Crippen LogP contribution in [-0.4, -0.2) is 4.98 Å². The van der Waals surface area contributed by atoms with Crippen LogP contribution in [0.2, 0.25) is 0 Å². The van der Waals surface area contributed by atoms with Crippen LogP contribution in [0.1, 0.15) is 23.2 Å². The van der Waals surface area contributed by atoms with Crippen LogP contribution in [0.15, 0.2) is 10.7 Å². The van der Waals surface area contributed by atoms with Gasteiger partial charge in [-0.3, -0.25) is 0 Å². The second kappa shape index (κ2) is 4.33. The monoisotopic (exact) mass is 300 g/mol. The molecular weight excluding hydrogens is 299 g/mol. The van der Waals surface area contributed by atoms with Gasteiger partial charge < -0.3 is 0 Å². The zero-order valence-corrected chi connectivity index (χ0v) is 8.90. The first-order chi connectivity index (χ1) is 7.27. The molecule has 0 saturated carbocycles. The summed E-state index contributed by atoms with van der Waals surface area (Å²) < 4.78 is 60.9. The quantitative estimate of drug-likeness (QED) is 0.586. The van der Waals surface area contributed by atoms with Crippen molar-refractivity contribution >= 4 is 15.9 Å². The second-order valence-electron chi connectivity index (χ2n) is 2.67. The fraction of sp³-hybridized carbons (Fsp3) is 0.250. The predicted octanol–water partition coefficient (Wildman–Crippen LogP) is 3.67. The molecule has 0 amide bonds. The van der Waals surface area contributed by atoms with Crippen molar-refractivity contribution in [2.45, 2.75) is 12.6 Å². The Kier molecular flexibility index (Phi) is 3.48. The molecule has 0 atom stereocenters. The van der Waals surface area contributed by atoms with Gasteiger partial charge in [0.25, 0.3) is 6.43 Å². The van der Waals surface area contributed by atoms with Gasteiger partial charge in [0.2, 0.25) is 0 Å². The molecule has 0 aliphatic heterocycles. The van der Waals surface area contributed by atoms with Crippen LogP contribution in [0, 0.1) is 11.3 Å². The number of aromatic nitrogens is 1. The van der Waals surface area contributed by atoms with Gasteiger partial charge in [-0.05, 0) is 22.0 Å². The van der Waals surface area contributed by atoms with E-state index in [2.05, 4.69) is 20.9 Å². The molecule has 1 rings (SSSR count). The molecule has 0 aromatic carbocycles. The molecule has 0 saturated heterocycles. The largest absolute Gasteiger partial charge is 0.420 e. The van der Waals surface area contributed by atoms with E-state index in [1.807, 2.05) is 0 Å². The van der Waals surface area contributed by atoms with Crippen molar-refractivity contribution in [1.29, 1.82) is 5.26 Å². The lowest BCUT2D eigenvalue weighted by Gasteiger charge is -2.11.